The van der Waals surface area contributed by atoms with E-state index in [1.807, 2.05) is 0 Å². The standard InChI is InChI=1S/C20H34OS/c1-4-13-6-8-17-16-7-5-14-11-15(21)9-10-19(14,2)18(16)22-12-20(13,17)3/h13-18,21H,4-12H2,1-3H3/t13-,14+,15+,16-,17-,18+,19-,20+/m0/s1. The Balaban J connectivity index is 1.61. The third-order valence-corrected chi connectivity index (χ3v) is 10.6. The topological polar surface area (TPSA) is 20.2 Å². The lowest BCUT2D eigenvalue weighted by Crippen LogP contribution is -2.56. The van der Waals surface area contributed by atoms with E-state index in [0.29, 0.717) is 10.8 Å². The summed E-state index contributed by atoms with van der Waals surface area (Å²) in [7, 11) is 0. The van der Waals surface area contributed by atoms with E-state index in [1.54, 1.807) is 0 Å². The Morgan fingerprint density at radius 3 is 2.64 bits per heavy atom. The van der Waals surface area contributed by atoms with Crippen LogP contribution in [0.1, 0.15) is 72.1 Å². The average molecular weight is 323 g/mol. The van der Waals surface area contributed by atoms with Gasteiger partial charge in [0.05, 0.1) is 6.10 Å². The molecule has 0 aromatic carbocycles. The van der Waals surface area contributed by atoms with E-state index in [0.717, 1.165) is 41.8 Å². The van der Waals surface area contributed by atoms with Crippen molar-refractivity contribution >= 4 is 11.8 Å². The molecule has 1 N–H and O–H groups in total. The van der Waals surface area contributed by atoms with Gasteiger partial charge in [0.2, 0.25) is 0 Å². The summed E-state index contributed by atoms with van der Waals surface area (Å²) in [4.78, 5) is 0. The minimum atomic E-state index is -0.00978. The molecule has 8 atom stereocenters. The Morgan fingerprint density at radius 1 is 1.05 bits per heavy atom. The molecule has 3 aliphatic carbocycles. The maximum atomic E-state index is 10.1. The van der Waals surface area contributed by atoms with Crippen LogP contribution in [0.15, 0.2) is 0 Å². The SMILES string of the molecule is CC[C@H]1CC[C@H]2[C@@H]3CC[C@@H]4C[C@H](O)CC[C@]4(C)[C@@H]3SC[C@]12C. The third-order valence-electron chi connectivity index (χ3n) is 8.58. The zero-order valence-corrected chi connectivity index (χ0v) is 15.5. The summed E-state index contributed by atoms with van der Waals surface area (Å²) in [5.74, 6) is 5.13. The van der Waals surface area contributed by atoms with Gasteiger partial charge in [0.1, 0.15) is 0 Å². The van der Waals surface area contributed by atoms with Gasteiger partial charge in [-0.1, -0.05) is 27.2 Å². The van der Waals surface area contributed by atoms with Gasteiger partial charge in [-0.15, -0.1) is 0 Å². The van der Waals surface area contributed by atoms with Crippen LogP contribution in [0.3, 0.4) is 0 Å². The molecule has 0 amide bonds. The molecule has 0 unspecified atom stereocenters. The van der Waals surface area contributed by atoms with Crippen molar-refractivity contribution in [1.82, 2.24) is 0 Å². The maximum Gasteiger partial charge on any atom is 0.0543 e. The Hall–Kier alpha value is 0.310. The number of thioether (sulfide) groups is 1. The quantitative estimate of drug-likeness (QED) is 0.723. The van der Waals surface area contributed by atoms with E-state index < -0.39 is 0 Å². The highest BCUT2D eigenvalue weighted by Crippen LogP contribution is 2.66. The van der Waals surface area contributed by atoms with E-state index in [1.165, 1.54) is 44.3 Å². The molecule has 0 aromatic heterocycles. The first-order valence-electron chi connectivity index (χ1n) is 9.78. The first kappa shape index (κ1) is 15.8. The van der Waals surface area contributed by atoms with Crippen molar-refractivity contribution in [3.63, 3.8) is 0 Å². The zero-order valence-electron chi connectivity index (χ0n) is 14.7. The molecule has 2 heteroatoms. The van der Waals surface area contributed by atoms with Gasteiger partial charge >= 0.3 is 0 Å². The molecule has 4 rings (SSSR count). The van der Waals surface area contributed by atoms with Gasteiger partial charge in [0, 0.05) is 5.25 Å². The van der Waals surface area contributed by atoms with Crippen LogP contribution >= 0.6 is 11.8 Å². The van der Waals surface area contributed by atoms with Crippen LogP contribution in [0.2, 0.25) is 0 Å². The van der Waals surface area contributed by atoms with Gasteiger partial charge in [-0.3, -0.25) is 0 Å². The normalized spacial score (nSPS) is 57.8. The monoisotopic (exact) mass is 322 g/mol. The Morgan fingerprint density at radius 2 is 1.86 bits per heavy atom. The van der Waals surface area contributed by atoms with Crippen LogP contribution in [0, 0.1) is 34.5 Å². The first-order valence-corrected chi connectivity index (χ1v) is 10.8. The molecule has 126 valence electrons. The maximum absolute atomic E-state index is 10.1. The van der Waals surface area contributed by atoms with Crippen LogP contribution in [-0.2, 0) is 0 Å². The zero-order chi connectivity index (χ0) is 15.5. The highest BCUT2D eigenvalue weighted by molar-refractivity contribution is 8.00. The van der Waals surface area contributed by atoms with Crippen molar-refractivity contribution in [2.45, 2.75) is 83.5 Å². The first-order chi connectivity index (χ1) is 10.5. The summed E-state index contributed by atoms with van der Waals surface area (Å²) < 4.78 is 0. The molecular formula is C20H34OS. The van der Waals surface area contributed by atoms with Crippen LogP contribution in [0.4, 0.5) is 0 Å². The number of hydrogen-bond donors (Lipinski definition) is 1. The minimum absolute atomic E-state index is 0.00978. The molecule has 0 bridgehead atoms. The lowest BCUT2D eigenvalue weighted by Gasteiger charge is -2.60. The molecule has 3 saturated carbocycles. The number of fused-ring (bicyclic) bond motifs is 5. The van der Waals surface area contributed by atoms with E-state index >= 15 is 0 Å². The van der Waals surface area contributed by atoms with Crippen molar-refractivity contribution in [3.8, 4) is 0 Å². The molecule has 4 fully saturated rings. The summed E-state index contributed by atoms with van der Waals surface area (Å²) in [5, 5.41) is 11.0. The van der Waals surface area contributed by atoms with Gasteiger partial charge in [0.15, 0.2) is 0 Å². The summed E-state index contributed by atoms with van der Waals surface area (Å²) in [6.45, 7) is 7.62. The molecule has 22 heavy (non-hydrogen) atoms. The summed E-state index contributed by atoms with van der Waals surface area (Å²) in [6, 6.07) is 0. The van der Waals surface area contributed by atoms with Gasteiger partial charge in [-0.05, 0) is 85.2 Å². The van der Waals surface area contributed by atoms with Crippen molar-refractivity contribution in [2.75, 3.05) is 5.75 Å². The van der Waals surface area contributed by atoms with Crippen LogP contribution in [0.5, 0.6) is 0 Å². The molecule has 1 aliphatic heterocycles. The lowest BCUT2D eigenvalue weighted by atomic mass is 9.53. The molecule has 0 aromatic rings. The Kier molecular flexibility index (Phi) is 3.89. The van der Waals surface area contributed by atoms with Crippen molar-refractivity contribution in [2.24, 2.45) is 34.5 Å². The molecule has 4 aliphatic rings. The minimum Gasteiger partial charge on any atom is -0.393 e. The second kappa shape index (κ2) is 5.41. The second-order valence-corrected chi connectivity index (χ2v) is 10.5. The Bertz CT molecular complexity index is 437. The summed E-state index contributed by atoms with van der Waals surface area (Å²) in [5.41, 5.74) is 1.14. The summed E-state index contributed by atoms with van der Waals surface area (Å²) in [6.07, 6.45) is 10.6. The van der Waals surface area contributed by atoms with Crippen molar-refractivity contribution in [3.05, 3.63) is 0 Å². The molecule has 1 heterocycles. The summed E-state index contributed by atoms with van der Waals surface area (Å²) >= 11 is 2.35. The third kappa shape index (κ3) is 2.08. The van der Waals surface area contributed by atoms with Gasteiger partial charge in [-0.25, -0.2) is 0 Å². The van der Waals surface area contributed by atoms with Crippen molar-refractivity contribution in [1.29, 1.82) is 0 Å². The number of rotatable bonds is 1. The van der Waals surface area contributed by atoms with Crippen LogP contribution in [-0.4, -0.2) is 22.2 Å². The van der Waals surface area contributed by atoms with E-state index in [4.69, 9.17) is 0 Å². The highest BCUT2D eigenvalue weighted by atomic mass is 32.2. The predicted molar refractivity (Wildman–Crippen MR) is 95.0 cm³/mol. The van der Waals surface area contributed by atoms with Gasteiger partial charge in [-0.2, -0.15) is 11.8 Å². The van der Waals surface area contributed by atoms with E-state index in [-0.39, 0.29) is 6.10 Å². The number of aliphatic hydroxyl groups is 1. The lowest BCUT2D eigenvalue weighted by molar-refractivity contribution is -0.0432. The van der Waals surface area contributed by atoms with E-state index in [9.17, 15) is 5.11 Å². The van der Waals surface area contributed by atoms with E-state index in [2.05, 4.69) is 32.5 Å². The fraction of sp³-hybridized carbons (Fsp3) is 1.00. The smallest absolute Gasteiger partial charge is 0.0543 e. The largest absolute Gasteiger partial charge is 0.393 e. The average Bonchev–Trinajstić information content (AvgIpc) is 2.84. The van der Waals surface area contributed by atoms with Gasteiger partial charge < -0.3 is 5.11 Å². The predicted octanol–water partition coefficient (Wildman–Crippen LogP) is 5.12. The second-order valence-electron chi connectivity index (χ2n) is 9.40. The number of aliphatic hydroxyl groups excluding tert-OH is 1. The van der Waals surface area contributed by atoms with Gasteiger partial charge in [0.25, 0.3) is 0 Å². The molecule has 1 nitrogen and oxygen atoms in total. The van der Waals surface area contributed by atoms with Crippen LogP contribution < -0.4 is 0 Å². The van der Waals surface area contributed by atoms with Crippen LogP contribution in [0.25, 0.3) is 0 Å². The molecule has 1 saturated heterocycles. The molecule has 0 spiro atoms. The van der Waals surface area contributed by atoms with Crippen molar-refractivity contribution < 1.29 is 5.11 Å². The number of hydrogen-bond acceptors (Lipinski definition) is 2. The molecular weight excluding hydrogens is 288 g/mol. The molecule has 0 radical (unpaired) electrons. The Labute approximate surface area is 141 Å². The fourth-order valence-electron chi connectivity index (χ4n) is 7.19. The highest BCUT2D eigenvalue weighted by Gasteiger charge is 2.60. The fourth-order valence-corrected chi connectivity index (χ4v) is 9.44.